The van der Waals surface area contributed by atoms with Crippen LogP contribution < -0.4 is 10.0 Å². The molecule has 2 heterocycles. The fourth-order valence-corrected chi connectivity index (χ4v) is 9.27. The standard InChI is InChI=1S/C29H30ClN3O4S.C19H19NO3/c1-19-4-7-21(8-5-19)22-15-23(17-24(16-22)29(35)33-12-2-3-13-33)28(34)31-18-20-6-11-26(30)27(14-20)38(36,37)32-25-9-10-25;1-13-4-6-14(7-5-13)15-10-16(12-17(11-15)19(22)23)18(21)20-8-2-3-9-20/h4-8,11,14-17,25,32H,2-3,9-10,12-13,18H2,1H3,(H,31,34);4-7,10-12H,2-3,8-9H2,1H3,(H,22,23). The third-order valence-electron chi connectivity index (χ3n) is 11.1. The summed E-state index contributed by atoms with van der Waals surface area (Å²) in [6.45, 7) is 7.03. The Balaban J connectivity index is 0.000000208. The lowest BCUT2D eigenvalue weighted by molar-refractivity contribution is 0.0695. The molecule has 0 bridgehead atoms. The second kappa shape index (κ2) is 18.8. The number of nitrogens with zero attached hydrogens (tertiary/aromatic N) is 2. The molecule has 3 N–H and O–H groups in total. The van der Waals surface area contributed by atoms with Crippen LogP contribution in [0.4, 0.5) is 0 Å². The maximum Gasteiger partial charge on any atom is 0.335 e. The van der Waals surface area contributed by atoms with Gasteiger partial charge in [-0.05, 0) is 129 Å². The van der Waals surface area contributed by atoms with Crippen molar-refractivity contribution in [3.05, 3.63) is 147 Å². The summed E-state index contributed by atoms with van der Waals surface area (Å²) < 4.78 is 28.0. The predicted molar refractivity (Wildman–Crippen MR) is 236 cm³/mol. The van der Waals surface area contributed by atoms with Crippen molar-refractivity contribution >= 4 is 45.3 Å². The molecule has 1 saturated carbocycles. The highest BCUT2D eigenvalue weighted by molar-refractivity contribution is 7.89. The second-order valence-corrected chi connectivity index (χ2v) is 18.1. The number of benzene rings is 5. The third kappa shape index (κ3) is 10.9. The molecule has 5 aromatic carbocycles. The fourth-order valence-electron chi connectivity index (χ4n) is 7.42. The Kier molecular flexibility index (Phi) is 13.4. The van der Waals surface area contributed by atoms with E-state index in [1.807, 2.05) is 73.3 Å². The Bertz CT molecular complexity index is 2560. The second-order valence-electron chi connectivity index (χ2n) is 16.0. The maximum absolute atomic E-state index is 13.3. The summed E-state index contributed by atoms with van der Waals surface area (Å²) in [6, 6.07) is 30.6. The molecule has 3 amide bonds. The highest BCUT2D eigenvalue weighted by Gasteiger charge is 2.30. The maximum atomic E-state index is 13.3. The van der Waals surface area contributed by atoms with E-state index in [0.29, 0.717) is 35.3 Å². The normalized spacial score (nSPS) is 14.9. The monoisotopic (exact) mass is 860 g/mol. The zero-order valence-electron chi connectivity index (χ0n) is 34.2. The molecule has 0 radical (unpaired) electrons. The van der Waals surface area contributed by atoms with Crippen molar-refractivity contribution in [3.63, 3.8) is 0 Å². The fraction of sp³-hybridized carbons (Fsp3) is 0.292. The van der Waals surface area contributed by atoms with Gasteiger partial charge in [0.25, 0.3) is 17.7 Å². The van der Waals surface area contributed by atoms with Gasteiger partial charge in [0.1, 0.15) is 4.90 Å². The minimum atomic E-state index is -3.74. The van der Waals surface area contributed by atoms with Gasteiger partial charge in [-0.3, -0.25) is 14.4 Å². The first-order valence-electron chi connectivity index (χ1n) is 20.6. The molecular formula is C48H49ClN4O7S. The zero-order valence-corrected chi connectivity index (χ0v) is 35.8. The summed E-state index contributed by atoms with van der Waals surface area (Å²) in [6.07, 6.45) is 5.61. The van der Waals surface area contributed by atoms with Crippen molar-refractivity contribution in [2.75, 3.05) is 26.2 Å². The van der Waals surface area contributed by atoms with Crippen molar-refractivity contribution < 1.29 is 32.7 Å². The third-order valence-corrected chi connectivity index (χ3v) is 13.1. The van der Waals surface area contributed by atoms with Gasteiger partial charge < -0.3 is 20.2 Å². The number of nitrogens with one attached hydrogen (secondary N) is 2. The number of hydrogen-bond acceptors (Lipinski definition) is 6. The van der Waals surface area contributed by atoms with Crippen molar-refractivity contribution in [1.82, 2.24) is 19.8 Å². The van der Waals surface area contributed by atoms with Crippen molar-refractivity contribution in [3.8, 4) is 22.3 Å². The number of amides is 3. The molecule has 0 spiro atoms. The van der Waals surface area contributed by atoms with Gasteiger partial charge in [-0.1, -0.05) is 77.3 Å². The average Bonchev–Trinajstić information content (AvgIpc) is 3.62. The molecule has 61 heavy (non-hydrogen) atoms. The van der Waals surface area contributed by atoms with Crippen LogP contribution in [-0.4, -0.2) is 79.2 Å². The number of sulfonamides is 1. The lowest BCUT2D eigenvalue weighted by atomic mass is 9.98. The van der Waals surface area contributed by atoms with E-state index >= 15 is 0 Å². The summed E-state index contributed by atoms with van der Waals surface area (Å²) >= 11 is 6.19. The van der Waals surface area contributed by atoms with Gasteiger partial charge >= 0.3 is 5.97 Å². The number of aromatic carboxylic acids is 1. The van der Waals surface area contributed by atoms with E-state index in [1.165, 1.54) is 18.2 Å². The van der Waals surface area contributed by atoms with Crippen molar-refractivity contribution in [1.29, 1.82) is 0 Å². The molecule has 316 valence electrons. The molecule has 13 heteroatoms. The Hall–Kier alpha value is -5.82. The predicted octanol–water partition coefficient (Wildman–Crippen LogP) is 8.52. The van der Waals surface area contributed by atoms with E-state index in [0.717, 1.165) is 85.0 Å². The molecule has 0 atom stereocenters. The topological polar surface area (TPSA) is 153 Å². The van der Waals surface area contributed by atoms with Crippen LogP contribution in [0.2, 0.25) is 5.02 Å². The molecular weight excluding hydrogens is 812 g/mol. The molecule has 5 aromatic rings. The average molecular weight is 861 g/mol. The molecule has 2 aliphatic heterocycles. The SMILES string of the molecule is Cc1ccc(-c2cc(C(=O)NCc3ccc(Cl)c(S(=O)(=O)NC4CC4)c3)cc(C(=O)N3CCCC3)c2)cc1.Cc1ccc(-c2cc(C(=O)O)cc(C(=O)N3CCCC3)c2)cc1. The molecule has 0 unspecified atom stereocenters. The van der Waals surface area contributed by atoms with Gasteiger partial charge in [-0.15, -0.1) is 0 Å². The van der Waals surface area contributed by atoms with Gasteiger partial charge in [0.2, 0.25) is 10.0 Å². The number of hydrogen-bond donors (Lipinski definition) is 3. The zero-order chi connectivity index (χ0) is 43.3. The molecule has 2 saturated heterocycles. The van der Waals surface area contributed by atoms with E-state index in [4.69, 9.17) is 11.6 Å². The molecule has 3 fully saturated rings. The van der Waals surface area contributed by atoms with Gasteiger partial charge in [0.15, 0.2) is 0 Å². The molecule has 1 aliphatic carbocycles. The number of aryl methyl sites for hydroxylation is 2. The van der Waals surface area contributed by atoms with Gasteiger partial charge in [-0.25, -0.2) is 17.9 Å². The lowest BCUT2D eigenvalue weighted by Gasteiger charge is -2.17. The minimum absolute atomic E-state index is 0.00215. The number of carboxylic acid groups (broad SMARTS) is 1. The summed E-state index contributed by atoms with van der Waals surface area (Å²) in [7, 11) is -3.74. The van der Waals surface area contributed by atoms with Crippen LogP contribution in [0.1, 0.15) is 96.6 Å². The van der Waals surface area contributed by atoms with E-state index < -0.39 is 16.0 Å². The van der Waals surface area contributed by atoms with Gasteiger partial charge in [0, 0.05) is 55.5 Å². The first-order chi connectivity index (χ1) is 29.2. The Morgan fingerprint density at radius 2 is 1.08 bits per heavy atom. The number of halogens is 1. The number of carbonyl (C=O) groups excluding carboxylic acids is 3. The van der Waals surface area contributed by atoms with Crippen molar-refractivity contribution in [2.45, 2.75) is 69.9 Å². The van der Waals surface area contributed by atoms with Gasteiger partial charge in [0.05, 0.1) is 10.6 Å². The van der Waals surface area contributed by atoms with E-state index in [1.54, 1.807) is 35.2 Å². The van der Waals surface area contributed by atoms with Crippen LogP contribution in [0, 0.1) is 13.8 Å². The Labute approximate surface area is 361 Å². The lowest BCUT2D eigenvalue weighted by Crippen LogP contribution is -2.28. The van der Waals surface area contributed by atoms with Gasteiger partial charge in [-0.2, -0.15) is 0 Å². The quantitative estimate of drug-likeness (QED) is 0.120. The molecule has 3 aliphatic rings. The smallest absolute Gasteiger partial charge is 0.335 e. The summed E-state index contributed by atoms with van der Waals surface area (Å²) in [4.78, 5) is 54.1. The van der Waals surface area contributed by atoms with Crippen LogP contribution in [0.5, 0.6) is 0 Å². The molecule has 0 aromatic heterocycles. The van der Waals surface area contributed by atoms with E-state index in [9.17, 15) is 32.7 Å². The van der Waals surface area contributed by atoms with Crippen LogP contribution in [-0.2, 0) is 16.6 Å². The number of carbonyl (C=O) groups is 4. The Morgan fingerprint density at radius 1 is 0.623 bits per heavy atom. The van der Waals surface area contributed by atoms with E-state index in [-0.39, 0.29) is 45.8 Å². The summed E-state index contributed by atoms with van der Waals surface area (Å²) in [5.41, 5.74) is 7.65. The van der Waals surface area contributed by atoms with Crippen LogP contribution in [0.3, 0.4) is 0 Å². The van der Waals surface area contributed by atoms with Crippen LogP contribution >= 0.6 is 11.6 Å². The molecule has 11 nitrogen and oxygen atoms in total. The first-order valence-corrected chi connectivity index (χ1v) is 22.5. The van der Waals surface area contributed by atoms with E-state index in [2.05, 4.69) is 10.0 Å². The largest absolute Gasteiger partial charge is 0.478 e. The minimum Gasteiger partial charge on any atom is -0.478 e. The number of rotatable bonds is 11. The molecule has 8 rings (SSSR count). The highest BCUT2D eigenvalue weighted by Crippen LogP contribution is 2.29. The van der Waals surface area contributed by atoms with Crippen molar-refractivity contribution in [2.24, 2.45) is 0 Å². The van der Waals surface area contributed by atoms with Crippen LogP contribution in [0.25, 0.3) is 22.3 Å². The highest BCUT2D eigenvalue weighted by atomic mass is 35.5. The number of likely N-dealkylation sites (tertiary alicyclic amines) is 2. The number of carboxylic acids is 1. The summed E-state index contributed by atoms with van der Waals surface area (Å²) in [5, 5.41) is 12.3. The van der Waals surface area contributed by atoms with Crippen LogP contribution in [0.15, 0.2) is 108 Å². The summed E-state index contributed by atoms with van der Waals surface area (Å²) in [5.74, 6) is -1.54. The first kappa shape index (κ1) is 43.3. The Morgan fingerprint density at radius 3 is 1.56 bits per heavy atom.